The SMILES string of the molecule is Cc1cc(C(=O)Nc2ccccc2C(C)O)c(C)n1C1CCCCC1. The van der Waals surface area contributed by atoms with Crippen LogP contribution in [0.1, 0.15) is 78.5 Å². The normalized spacial score (nSPS) is 16.6. The Morgan fingerprint density at radius 2 is 1.88 bits per heavy atom. The second-order valence-corrected chi connectivity index (χ2v) is 7.16. The smallest absolute Gasteiger partial charge is 0.257 e. The zero-order chi connectivity index (χ0) is 18.0. The largest absolute Gasteiger partial charge is 0.389 e. The number of aromatic nitrogens is 1. The Hall–Kier alpha value is -2.07. The van der Waals surface area contributed by atoms with Crippen molar-refractivity contribution >= 4 is 11.6 Å². The van der Waals surface area contributed by atoms with Crippen LogP contribution in [0, 0.1) is 13.8 Å². The summed E-state index contributed by atoms with van der Waals surface area (Å²) in [6, 6.07) is 9.91. The number of benzene rings is 1. The number of aliphatic hydroxyl groups excluding tert-OH is 1. The van der Waals surface area contributed by atoms with Crippen LogP contribution in [0.5, 0.6) is 0 Å². The standard InChI is InChI=1S/C21H28N2O2/c1-14-13-19(15(2)23(14)17-9-5-4-6-10-17)21(25)22-20-12-8-7-11-18(20)16(3)24/h7-8,11-13,16-17,24H,4-6,9-10H2,1-3H3,(H,22,25). The first-order valence-corrected chi connectivity index (χ1v) is 9.25. The molecule has 0 bridgehead atoms. The third-order valence-corrected chi connectivity index (χ3v) is 5.33. The van der Waals surface area contributed by atoms with E-state index in [-0.39, 0.29) is 5.91 Å². The summed E-state index contributed by atoms with van der Waals surface area (Å²) in [5.41, 5.74) is 4.32. The molecule has 2 N–H and O–H groups in total. The number of hydrogen-bond acceptors (Lipinski definition) is 2. The van der Waals surface area contributed by atoms with Crippen LogP contribution in [0.2, 0.25) is 0 Å². The number of aliphatic hydroxyl groups is 1. The van der Waals surface area contributed by atoms with E-state index in [2.05, 4.69) is 16.8 Å². The van der Waals surface area contributed by atoms with Crippen molar-refractivity contribution < 1.29 is 9.90 Å². The number of hydrogen-bond donors (Lipinski definition) is 2. The summed E-state index contributed by atoms with van der Waals surface area (Å²) in [6.45, 7) is 5.83. The minimum atomic E-state index is -0.619. The molecule has 1 atom stereocenters. The van der Waals surface area contributed by atoms with E-state index in [1.165, 1.54) is 32.1 Å². The summed E-state index contributed by atoms with van der Waals surface area (Å²) in [4.78, 5) is 12.9. The van der Waals surface area contributed by atoms with Crippen LogP contribution in [0.4, 0.5) is 5.69 Å². The Labute approximate surface area is 149 Å². The number of carbonyl (C=O) groups is 1. The van der Waals surface area contributed by atoms with E-state index in [9.17, 15) is 9.90 Å². The summed E-state index contributed by atoms with van der Waals surface area (Å²) < 4.78 is 2.34. The molecule has 25 heavy (non-hydrogen) atoms. The molecule has 1 aromatic heterocycles. The Kier molecular flexibility index (Phi) is 5.28. The Bertz CT molecular complexity index is 755. The van der Waals surface area contributed by atoms with Gasteiger partial charge in [-0.15, -0.1) is 0 Å². The summed E-state index contributed by atoms with van der Waals surface area (Å²) >= 11 is 0. The highest BCUT2D eigenvalue weighted by molar-refractivity contribution is 6.05. The van der Waals surface area contributed by atoms with Gasteiger partial charge in [0.05, 0.1) is 11.7 Å². The molecule has 0 spiro atoms. The molecule has 1 unspecified atom stereocenters. The molecule has 134 valence electrons. The number of anilines is 1. The summed E-state index contributed by atoms with van der Waals surface area (Å²) in [7, 11) is 0. The molecule has 4 nitrogen and oxygen atoms in total. The van der Waals surface area contributed by atoms with Crippen LogP contribution < -0.4 is 5.32 Å². The molecule has 1 aliphatic rings. The molecule has 0 radical (unpaired) electrons. The minimum Gasteiger partial charge on any atom is -0.389 e. The van der Waals surface area contributed by atoms with Gasteiger partial charge in [-0.05, 0) is 45.7 Å². The van der Waals surface area contributed by atoms with Gasteiger partial charge < -0.3 is 15.0 Å². The molecule has 1 fully saturated rings. The van der Waals surface area contributed by atoms with Gasteiger partial charge in [0.15, 0.2) is 0 Å². The highest BCUT2D eigenvalue weighted by Crippen LogP contribution is 2.32. The second-order valence-electron chi connectivity index (χ2n) is 7.16. The molecule has 1 saturated carbocycles. The molecule has 1 amide bonds. The number of carbonyl (C=O) groups excluding carboxylic acids is 1. The first-order valence-electron chi connectivity index (χ1n) is 9.25. The molecule has 2 aromatic rings. The molecule has 4 heteroatoms. The number of aryl methyl sites for hydroxylation is 1. The van der Waals surface area contributed by atoms with Gasteiger partial charge in [0.1, 0.15) is 0 Å². The van der Waals surface area contributed by atoms with Gasteiger partial charge in [-0.3, -0.25) is 4.79 Å². The highest BCUT2D eigenvalue weighted by Gasteiger charge is 2.23. The van der Waals surface area contributed by atoms with Crippen LogP contribution in [0.25, 0.3) is 0 Å². The van der Waals surface area contributed by atoms with Crippen LogP contribution >= 0.6 is 0 Å². The van der Waals surface area contributed by atoms with E-state index >= 15 is 0 Å². The first-order chi connectivity index (χ1) is 12.0. The van der Waals surface area contributed by atoms with Gasteiger partial charge in [0.25, 0.3) is 5.91 Å². The molecule has 1 heterocycles. The van der Waals surface area contributed by atoms with Crippen LogP contribution in [0.3, 0.4) is 0 Å². The van der Waals surface area contributed by atoms with Gasteiger partial charge in [-0.1, -0.05) is 37.5 Å². The molecule has 1 aromatic carbocycles. The Morgan fingerprint density at radius 3 is 2.56 bits per heavy atom. The van der Waals surface area contributed by atoms with Crippen molar-refractivity contribution in [2.24, 2.45) is 0 Å². The fourth-order valence-electron chi connectivity index (χ4n) is 4.07. The lowest BCUT2D eigenvalue weighted by atomic mass is 9.95. The predicted octanol–water partition coefficient (Wildman–Crippen LogP) is 4.92. The van der Waals surface area contributed by atoms with E-state index in [1.807, 2.05) is 37.3 Å². The third kappa shape index (κ3) is 3.64. The van der Waals surface area contributed by atoms with E-state index in [0.717, 1.165) is 22.5 Å². The quantitative estimate of drug-likeness (QED) is 0.830. The third-order valence-electron chi connectivity index (χ3n) is 5.33. The van der Waals surface area contributed by atoms with Crippen molar-refractivity contribution in [1.29, 1.82) is 0 Å². The topological polar surface area (TPSA) is 54.3 Å². The van der Waals surface area contributed by atoms with Crippen LogP contribution in [-0.4, -0.2) is 15.6 Å². The monoisotopic (exact) mass is 340 g/mol. The van der Waals surface area contributed by atoms with E-state index in [0.29, 0.717) is 11.7 Å². The van der Waals surface area contributed by atoms with Gasteiger partial charge in [0.2, 0.25) is 0 Å². The average molecular weight is 340 g/mol. The van der Waals surface area contributed by atoms with E-state index in [4.69, 9.17) is 0 Å². The Balaban J connectivity index is 1.86. The number of para-hydroxylation sites is 1. The average Bonchev–Trinajstić information content (AvgIpc) is 2.90. The van der Waals surface area contributed by atoms with Crippen molar-refractivity contribution in [3.8, 4) is 0 Å². The van der Waals surface area contributed by atoms with E-state index in [1.54, 1.807) is 6.92 Å². The number of rotatable bonds is 4. The molecular formula is C21H28N2O2. The maximum atomic E-state index is 12.9. The number of nitrogens with zero attached hydrogens (tertiary/aromatic N) is 1. The van der Waals surface area contributed by atoms with Crippen molar-refractivity contribution in [1.82, 2.24) is 4.57 Å². The van der Waals surface area contributed by atoms with Crippen molar-refractivity contribution in [2.75, 3.05) is 5.32 Å². The molecule has 0 saturated heterocycles. The van der Waals surface area contributed by atoms with Crippen LogP contribution in [-0.2, 0) is 0 Å². The maximum absolute atomic E-state index is 12.9. The molecule has 1 aliphatic carbocycles. The lowest BCUT2D eigenvalue weighted by Gasteiger charge is -2.26. The summed E-state index contributed by atoms with van der Waals surface area (Å²) in [5.74, 6) is -0.108. The van der Waals surface area contributed by atoms with Crippen molar-refractivity contribution in [2.45, 2.75) is 65.0 Å². The molecule has 0 aliphatic heterocycles. The number of nitrogens with one attached hydrogen (secondary N) is 1. The number of amides is 1. The zero-order valence-electron chi connectivity index (χ0n) is 15.4. The Morgan fingerprint density at radius 1 is 1.20 bits per heavy atom. The molecule has 3 rings (SSSR count). The summed E-state index contributed by atoms with van der Waals surface area (Å²) in [6.07, 6.45) is 5.63. The van der Waals surface area contributed by atoms with Gasteiger partial charge >= 0.3 is 0 Å². The lowest BCUT2D eigenvalue weighted by Crippen LogP contribution is -2.18. The second kappa shape index (κ2) is 7.44. The van der Waals surface area contributed by atoms with Gasteiger partial charge in [-0.25, -0.2) is 0 Å². The minimum absolute atomic E-state index is 0.108. The summed E-state index contributed by atoms with van der Waals surface area (Å²) in [5, 5.41) is 12.9. The maximum Gasteiger partial charge on any atom is 0.257 e. The fourth-order valence-corrected chi connectivity index (χ4v) is 4.07. The highest BCUT2D eigenvalue weighted by atomic mass is 16.3. The van der Waals surface area contributed by atoms with Crippen LogP contribution in [0.15, 0.2) is 30.3 Å². The van der Waals surface area contributed by atoms with Crippen molar-refractivity contribution in [3.63, 3.8) is 0 Å². The van der Waals surface area contributed by atoms with Gasteiger partial charge in [-0.2, -0.15) is 0 Å². The zero-order valence-corrected chi connectivity index (χ0v) is 15.4. The fraction of sp³-hybridized carbons (Fsp3) is 0.476. The van der Waals surface area contributed by atoms with Gasteiger partial charge in [0, 0.05) is 28.7 Å². The van der Waals surface area contributed by atoms with E-state index < -0.39 is 6.10 Å². The lowest BCUT2D eigenvalue weighted by molar-refractivity contribution is 0.102. The predicted molar refractivity (Wildman–Crippen MR) is 101 cm³/mol. The molecular weight excluding hydrogens is 312 g/mol. The first kappa shape index (κ1) is 17.7. The van der Waals surface area contributed by atoms with Crippen molar-refractivity contribution in [3.05, 3.63) is 52.8 Å².